The number of hydrogen-bond acceptors (Lipinski definition) is 5. The summed E-state index contributed by atoms with van der Waals surface area (Å²) in [5.74, 6) is -1.93. The second-order valence-corrected chi connectivity index (χ2v) is 7.88. The number of aryl methyl sites for hydroxylation is 1. The van der Waals surface area contributed by atoms with Gasteiger partial charge >= 0.3 is 6.18 Å². The topological polar surface area (TPSA) is 96.2 Å². The van der Waals surface area contributed by atoms with Gasteiger partial charge in [0.25, 0.3) is 5.91 Å². The van der Waals surface area contributed by atoms with Crippen LogP contribution < -0.4 is 10.6 Å². The molecule has 0 bridgehead atoms. The van der Waals surface area contributed by atoms with Gasteiger partial charge in [0.15, 0.2) is 0 Å². The molecule has 0 aliphatic rings. The Kier molecular flexibility index (Phi) is 7.06. The van der Waals surface area contributed by atoms with Crippen LogP contribution in [-0.2, 0) is 17.4 Å². The predicted octanol–water partition coefficient (Wildman–Crippen LogP) is 2.19. The highest BCUT2D eigenvalue weighted by Crippen LogP contribution is 2.40. The molecular weight excluding hydrogens is 409 g/mol. The van der Waals surface area contributed by atoms with Crippen molar-refractivity contribution >= 4 is 23.2 Å². The molecule has 0 unspecified atom stereocenters. The molecule has 160 valence electrons. The first-order valence-corrected chi connectivity index (χ1v) is 9.74. The van der Waals surface area contributed by atoms with Gasteiger partial charge in [0.2, 0.25) is 11.5 Å². The number of nitrogens with one attached hydrogen (secondary N) is 2. The molecule has 3 N–H and O–H groups in total. The van der Waals surface area contributed by atoms with Gasteiger partial charge in [-0.2, -0.15) is 13.2 Å². The first kappa shape index (κ1) is 22.9. The third kappa shape index (κ3) is 5.15. The average Bonchev–Trinajstić information content (AvgIpc) is 3.29. The van der Waals surface area contributed by atoms with E-state index >= 15 is 0 Å². The van der Waals surface area contributed by atoms with Gasteiger partial charge in [-0.1, -0.05) is 19.9 Å². The van der Waals surface area contributed by atoms with Crippen LogP contribution >= 0.6 is 11.3 Å². The van der Waals surface area contributed by atoms with E-state index in [1.807, 2.05) is 0 Å². The van der Waals surface area contributed by atoms with Crippen LogP contribution in [0, 0.1) is 5.92 Å². The summed E-state index contributed by atoms with van der Waals surface area (Å²) in [5, 5.41) is 17.0. The molecule has 0 aliphatic carbocycles. The number of aromatic nitrogens is 2. The minimum absolute atomic E-state index is 0.296. The number of rotatable bonds is 8. The number of hydrogen-bond donors (Lipinski definition) is 3. The molecule has 0 fully saturated rings. The number of amides is 2. The van der Waals surface area contributed by atoms with Gasteiger partial charge in [0.05, 0.1) is 4.88 Å². The smallest absolute Gasteiger partial charge is 0.374 e. The molecule has 7 nitrogen and oxygen atoms in total. The second-order valence-electron chi connectivity index (χ2n) is 6.93. The molecule has 0 aliphatic heterocycles. The van der Waals surface area contributed by atoms with Gasteiger partial charge in [-0.25, -0.2) is 4.98 Å². The largest absolute Gasteiger partial charge is 0.424 e. The van der Waals surface area contributed by atoms with Crippen LogP contribution in [0.15, 0.2) is 29.9 Å². The first-order chi connectivity index (χ1) is 13.5. The summed E-state index contributed by atoms with van der Waals surface area (Å²) in [6, 6.07) is 2.36. The molecule has 29 heavy (non-hydrogen) atoms. The molecule has 0 spiro atoms. The van der Waals surface area contributed by atoms with Gasteiger partial charge < -0.3 is 20.3 Å². The predicted molar refractivity (Wildman–Crippen MR) is 101 cm³/mol. The maximum Gasteiger partial charge on any atom is 0.424 e. The third-order valence-corrected chi connectivity index (χ3v) is 5.30. The van der Waals surface area contributed by atoms with E-state index < -0.39 is 48.4 Å². The normalized spacial score (nSPS) is 15.0. The van der Waals surface area contributed by atoms with E-state index in [9.17, 15) is 27.9 Å². The van der Waals surface area contributed by atoms with E-state index in [0.29, 0.717) is 4.88 Å². The summed E-state index contributed by atoms with van der Waals surface area (Å²) in [5.41, 5.74) is -3.22. The number of nitrogens with zero attached hydrogens (tertiary/aromatic N) is 2. The molecule has 2 aromatic heterocycles. The summed E-state index contributed by atoms with van der Waals surface area (Å²) < 4.78 is 41.6. The molecule has 2 atom stereocenters. The fraction of sp³-hybridized carbons (Fsp3) is 0.500. The van der Waals surface area contributed by atoms with E-state index in [-0.39, 0.29) is 5.92 Å². The van der Waals surface area contributed by atoms with Crippen molar-refractivity contribution in [2.45, 2.75) is 38.1 Å². The minimum Gasteiger partial charge on any atom is -0.374 e. The van der Waals surface area contributed by atoms with Gasteiger partial charge in [0, 0.05) is 32.4 Å². The van der Waals surface area contributed by atoms with Crippen molar-refractivity contribution in [3.05, 3.63) is 40.6 Å². The summed E-state index contributed by atoms with van der Waals surface area (Å²) in [7, 11) is 1.34. The first-order valence-electron chi connectivity index (χ1n) is 8.86. The summed E-state index contributed by atoms with van der Waals surface area (Å²) in [6.07, 6.45) is -3.36. The van der Waals surface area contributed by atoms with Crippen LogP contribution in [0.1, 0.15) is 35.8 Å². The van der Waals surface area contributed by atoms with Crippen molar-refractivity contribution in [3.8, 4) is 0 Å². The Morgan fingerprint density at radius 3 is 2.52 bits per heavy atom. The van der Waals surface area contributed by atoms with Crippen molar-refractivity contribution in [1.82, 2.24) is 20.2 Å². The number of imidazole rings is 1. The molecule has 0 aromatic carbocycles. The Morgan fingerprint density at radius 2 is 2.03 bits per heavy atom. The Balaban J connectivity index is 2.05. The monoisotopic (exact) mass is 432 g/mol. The van der Waals surface area contributed by atoms with Crippen LogP contribution in [0.4, 0.5) is 13.2 Å². The van der Waals surface area contributed by atoms with Crippen LogP contribution in [-0.4, -0.2) is 45.2 Å². The fourth-order valence-corrected chi connectivity index (χ4v) is 3.40. The maximum atomic E-state index is 13.5. The van der Waals surface area contributed by atoms with Gasteiger partial charge in [-0.3, -0.25) is 9.59 Å². The van der Waals surface area contributed by atoms with Crippen LogP contribution in [0.3, 0.4) is 0 Å². The molecule has 0 saturated heterocycles. The zero-order valence-electron chi connectivity index (χ0n) is 16.2. The summed E-state index contributed by atoms with van der Waals surface area (Å²) in [6.45, 7) is 2.96. The molecule has 2 heterocycles. The van der Waals surface area contributed by atoms with Gasteiger partial charge in [-0.15, -0.1) is 11.3 Å². The number of halogens is 3. The minimum atomic E-state index is -4.98. The maximum absolute atomic E-state index is 13.5. The van der Waals surface area contributed by atoms with Crippen molar-refractivity contribution in [2.75, 3.05) is 6.54 Å². The lowest BCUT2D eigenvalue weighted by Crippen LogP contribution is -2.51. The lowest BCUT2D eigenvalue weighted by Gasteiger charge is -2.30. The van der Waals surface area contributed by atoms with Crippen molar-refractivity contribution in [2.24, 2.45) is 13.0 Å². The Morgan fingerprint density at radius 1 is 1.34 bits per heavy atom. The summed E-state index contributed by atoms with van der Waals surface area (Å²) in [4.78, 5) is 28.7. The van der Waals surface area contributed by atoms with Crippen molar-refractivity contribution in [1.29, 1.82) is 0 Å². The summed E-state index contributed by atoms with van der Waals surface area (Å²) >= 11 is 1.21. The van der Waals surface area contributed by atoms with Crippen molar-refractivity contribution < 1.29 is 27.9 Å². The van der Waals surface area contributed by atoms with Gasteiger partial charge in [-0.05, 0) is 17.4 Å². The molecule has 2 aromatic rings. The number of carbonyl (C=O) groups is 2. The van der Waals surface area contributed by atoms with Crippen LogP contribution in [0.5, 0.6) is 0 Å². The van der Waals surface area contributed by atoms with Crippen molar-refractivity contribution in [3.63, 3.8) is 0 Å². The quantitative estimate of drug-likeness (QED) is 0.596. The number of carbonyl (C=O) groups excluding carboxylic acids is 2. The average molecular weight is 432 g/mol. The lowest BCUT2D eigenvalue weighted by atomic mass is 9.97. The number of aliphatic hydroxyl groups is 1. The highest BCUT2D eigenvalue weighted by molar-refractivity contribution is 7.12. The van der Waals surface area contributed by atoms with Crippen LogP contribution in [0.25, 0.3) is 0 Å². The zero-order valence-corrected chi connectivity index (χ0v) is 17.0. The Labute approximate surface area is 169 Å². The molecule has 0 radical (unpaired) electrons. The van der Waals surface area contributed by atoms with E-state index in [2.05, 4.69) is 15.6 Å². The second kappa shape index (κ2) is 8.95. The Bertz CT molecular complexity index is 836. The fourth-order valence-electron chi connectivity index (χ4n) is 2.78. The highest BCUT2D eigenvalue weighted by Gasteiger charge is 2.57. The number of alkyl halides is 3. The highest BCUT2D eigenvalue weighted by atomic mass is 32.1. The standard InChI is InChI=1S/C18H23F3N4O3S/c1-11(2)13(24-14(26)12-5-4-10-29-12)15(27)22-7-6-17(28,18(19,20)21)16-23-8-9-25(16)3/h4-5,8-11,13,28H,6-7H2,1-3H3,(H,22,27)(H,24,26)/t13-,17+/m0/s1. The van der Waals surface area contributed by atoms with Crippen LogP contribution in [0.2, 0.25) is 0 Å². The van der Waals surface area contributed by atoms with E-state index in [1.165, 1.54) is 24.6 Å². The Hall–Kier alpha value is -2.40. The molecule has 2 rings (SSSR count). The SMILES string of the molecule is CC(C)[C@H](NC(=O)c1cccs1)C(=O)NCC[C@@](O)(c1nccn1C)C(F)(F)F. The van der Waals surface area contributed by atoms with E-state index in [4.69, 9.17) is 0 Å². The molecule has 11 heteroatoms. The van der Waals surface area contributed by atoms with E-state index in [1.54, 1.807) is 31.4 Å². The van der Waals surface area contributed by atoms with E-state index in [0.717, 1.165) is 10.8 Å². The molecule has 2 amide bonds. The molecular formula is C18H23F3N4O3S. The molecule has 0 saturated carbocycles. The lowest BCUT2D eigenvalue weighted by molar-refractivity contribution is -0.272. The third-order valence-electron chi connectivity index (χ3n) is 4.43. The number of thiophene rings is 1. The zero-order chi connectivity index (χ0) is 21.8. The van der Waals surface area contributed by atoms with Gasteiger partial charge in [0.1, 0.15) is 11.9 Å².